The Bertz CT molecular complexity index is 354. The molecule has 0 radical (unpaired) electrons. The van der Waals surface area contributed by atoms with Crippen LogP contribution in [0.15, 0.2) is 24.3 Å². The van der Waals surface area contributed by atoms with E-state index in [1.807, 2.05) is 11.8 Å². The van der Waals surface area contributed by atoms with Crippen LogP contribution in [0.25, 0.3) is 0 Å². The minimum Gasteiger partial charge on any atom is -0.371 e. The first-order valence-corrected chi connectivity index (χ1v) is 8.11. The third-order valence-corrected chi connectivity index (χ3v) is 4.25. The molecule has 1 aromatic rings. The molecule has 0 bridgehead atoms. The van der Waals surface area contributed by atoms with Crippen molar-refractivity contribution in [3.05, 3.63) is 29.8 Å². The van der Waals surface area contributed by atoms with Crippen LogP contribution >= 0.6 is 11.8 Å². The van der Waals surface area contributed by atoms with E-state index in [2.05, 4.69) is 56.3 Å². The van der Waals surface area contributed by atoms with Crippen LogP contribution in [-0.4, -0.2) is 25.1 Å². The number of thioether (sulfide) groups is 1. The van der Waals surface area contributed by atoms with Crippen molar-refractivity contribution in [1.29, 1.82) is 0 Å². The highest BCUT2D eigenvalue weighted by Gasteiger charge is 2.17. The van der Waals surface area contributed by atoms with Crippen molar-refractivity contribution in [3.8, 4) is 0 Å². The Labute approximate surface area is 116 Å². The second-order valence-electron chi connectivity index (χ2n) is 4.70. The molecule has 0 amide bonds. The van der Waals surface area contributed by atoms with Crippen molar-refractivity contribution in [2.75, 3.05) is 24.0 Å². The van der Waals surface area contributed by atoms with Crippen LogP contribution in [0, 0.1) is 0 Å². The number of para-hydroxylation sites is 1. The molecule has 0 spiro atoms. The topological polar surface area (TPSA) is 29.3 Å². The highest BCUT2D eigenvalue weighted by molar-refractivity contribution is 7.98. The fourth-order valence-corrected chi connectivity index (χ4v) is 3.08. The number of nitrogens with zero attached hydrogens (tertiary/aromatic N) is 1. The maximum absolute atomic E-state index is 6.22. The van der Waals surface area contributed by atoms with Gasteiger partial charge in [0.25, 0.3) is 0 Å². The lowest BCUT2D eigenvalue weighted by Gasteiger charge is -2.31. The fraction of sp³-hybridized carbons (Fsp3) is 0.600. The molecule has 1 aromatic carbocycles. The zero-order valence-corrected chi connectivity index (χ0v) is 12.8. The van der Waals surface area contributed by atoms with E-state index >= 15 is 0 Å². The molecule has 1 rings (SSSR count). The van der Waals surface area contributed by atoms with Gasteiger partial charge >= 0.3 is 0 Å². The number of nitrogens with two attached hydrogens (primary N) is 1. The lowest BCUT2D eigenvalue weighted by atomic mass is 10.0. The van der Waals surface area contributed by atoms with Gasteiger partial charge in [-0.1, -0.05) is 32.0 Å². The summed E-state index contributed by atoms with van der Waals surface area (Å²) in [5.41, 5.74) is 8.77. The Hall–Kier alpha value is -0.670. The third-order valence-electron chi connectivity index (χ3n) is 3.53. The maximum Gasteiger partial charge on any atom is 0.0414 e. The van der Waals surface area contributed by atoms with Gasteiger partial charge in [-0.15, -0.1) is 0 Å². The van der Waals surface area contributed by atoms with Gasteiger partial charge in [0, 0.05) is 30.6 Å². The van der Waals surface area contributed by atoms with E-state index in [1.165, 1.54) is 11.3 Å². The first kappa shape index (κ1) is 15.4. The van der Waals surface area contributed by atoms with Crippen molar-refractivity contribution >= 4 is 17.4 Å². The molecule has 2 atom stereocenters. The number of anilines is 1. The van der Waals surface area contributed by atoms with Crippen molar-refractivity contribution in [1.82, 2.24) is 0 Å². The molecule has 2 nitrogen and oxygen atoms in total. The highest BCUT2D eigenvalue weighted by Crippen LogP contribution is 2.28. The van der Waals surface area contributed by atoms with Gasteiger partial charge in [-0.25, -0.2) is 0 Å². The lowest BCUT2D eigenvalue weighted by molar-refractivity contribution is 0.653. The summed E-state index contributed by atoms with van der Waals surface area (Å²) in [6, 6.07) is 9.24. The van der Waals surface area contributed by atoms with Crippen LogP contribution in [0.3, 0.4) is 0 Å². The van der Waals surface area contributed by atoms with Crippen LogP contribution in [0.4, 0.5) is 5.69 Å². The number of hydrogen-bond donors (Lipinski definition) is 1. The Kier molecular flexibility index (Phi) is 6.58. The first-order chi connectivity index (χ1) is 8.65. The molecule has 0 aromatic heterocycles. The van der Waals surface area contributed by atoms with Crippen LogP contribution < -0.4 is 10.6 Å². The molecular formula is C15H26N2S. The molecule has 2 N–H and O–H groups in total. The summed E-state index contributed by atoms with van der Waals surface area (Å²) >= 11 is 1.90. The van der Waals surface area contributed by atoms with E-state index in [0.29, 0.717) is 6.04 Å². The van der Waals surface area contributed by atoms with Crippen molar-refractivity contribution in [2.24, 2.45) is 5.73 Å². The Balaban J connectivity index is 3.00. The van der Waals surface area contributed by atoms with E-state index in [9.17, 15) is 0 Å². The lowest BCUT2D eigenvalue weighted by Crippen LogP contribution is -2.34. The zero-order chi connectivity index (χ0) is 13.5. The average molecular weight is 266 g/mol. The van der Waals surface area contributed by atoms with Crippen LogP contribution in [-0.2, 0) is 0 Å². The van der Waals surface area contributed by atoms with Crippen molar-refractivity contribution in [3.63, 3.8) is 0 Å². The summed E-state index contributed by atoms with van der Waals surface area (Å²) in [5.74, 6) is 1.16. The van der Waals surface area contributed by atoms with E-state index in [0.717, 1.165) is 18.6 Å². The first-order valence-electron chi connectivity index (χ1n) is 6.71. The second kappa shape index (κ2) is 7.70. The predicted octanol–water partition coefficient (Wildman–Crippen LogP) is 3.67. The molecule has 1 unspecified atom stereocenters. The smallest absolute Gasteiger partial charge is 0.0414 e. The molecule has 3 heteroatoms. The van der Waals surface area contributed by atoms with Gasteiger partial charge in [0.1, 0.15) is 0 Å². The van der Waals surface area contributed by atoms with Crippen molar-refractivity contribution in [2.45, 2.75) is 38.8 Å². The Morgan fingerprint density at radius 3 is 2.44 bits per heavy atom. The monoisotopic (exact) mass is 266 g/mol. The van der Waals surface area contributed by atoms with Gasteiger partial charge in [-0.05, 0) is 30.7 Å². The standard InChI is InChI=1S/C15H26N2S/c1-5-12(11-18-4)17(3)15-10-8-7-9-13(15)14(16)6-2/h7-10,12,14H,5-6,11,16H2,1-4H3/t12?,14-/m0/s1. The normalized spacial score (nSPS) is 14.3. The Morgan fingerprint density at radius 2 is 1.89 bits per heavy atom. The number of hydrogen-bond acceptors (Lipinski definition) is 3. The average Bonchev–Trinajstić information content (AvgIpc) is 2.43. The van der Waals surface area contributed by atoms with Gasteiger partial charge in [0.15, 0.2) is 0 Å². The third kappa shape index (κ3) is 3.66. The van der Waals surface area contributed by atoms with Gasteiger partial charge in [-0.3, -0.25) is 0 Å². The molecule has 0 saturated heterocycles. The van der Waals surface area contributed by atoms with Gasteiger partial charge in [0.05, 0.1) is 0 Å². The molecule has 0 aliphatic heterocycles. The molecule has 0 saturated carbocycles. The summed E-state index contributed by atoms with van der Waals surface area (Å²) in [6.45, 7) is 4.39. The largest absolute Gasteiger partial charge is 0.371 e. The van der Waals surface area contributed by atoms with Gasteiger partial charge in [0.2, 0.25) is 0 Å². The summed E-state index contributed by atoms with van der Waals surface area (Å²) < 4.78 is 0. The molecule has 18 heavy (non-hydrogen) atoms. The molecule has 102 valence electrons. The number of benzene rings is 1. The van der Waals surface area contributed by atoms with Crippen LogP contribution in [0.2, 0.25) is 0 Å². The second-order valence-corrected chi connectivity index (χ2v) is 5.61. The van der Waals surface area contributed by atoms with E-state index in [1.54, 1.807) is 0 Å². The van der Waals surface area contributed by atoms with E-state index in [4.69, 9.17) is 5.73 Å². The molecule has 0 heterocycles. The van der Waals surface area contributed by atoms with Gasteiger partial charge < -0.3 is 10.6 Å². The predicted molar refractivity (Wildman–Crippen MR) is 84.5 cm³/mol. The van der Waals surface area contributed by atoms with Crippen molar-refractivity contribution < 1.29 is 0 Å². The van der Waals surface area contributed by atoms with Crippen LogP contribution in [0.5, 0.6) is 0 Å². The summed E-state index contributed by atoms with van der Waals surface area (Å²) in [5, 5.41) is 0. The summed E-state index contributed by atoms with van der Waals surface area (Å²) in [4.78, 5) is 2.39. The van der Waals surface area contributed by atoms with Crippen LogP contribution in [0.1, 0.15) is 38.3 Å². The van der Waals surface area contributed by atoms with E-state index in [-0.39, 0.29) is 6.04 Å². The highest BCUT2D eigenvalue weighted by atomic mass is 32.2. The molecule has 0 aliphatic rings. The molecule has 0 fully saturated rings. The van der Waals surface area contributed by atoms with E-state index < -0.39 is 0 Å². The Morgan fingerprint density at radius 1 is 1.22 bits per heavy atom. The SMILES string of the molecule is CCC(CSC)N(C)c1ccccc1[C@@H](N)CC. The minimum atomic E-state index is 0.135. The summed E-state index contributed by atoms with van der Waals surface area (Å²) in [7, 11) is 2.19. The summed E-state index contributed by atoms with van der Waals surface area (Å²) in [6.07, 6.45) is 4.30. The minimum absolute atomic E-state index is 0.135. The fourth-order valence-electron chi connectivity index (χ4n) is 2.23. The van der Waals surface area contributed by atoms with Gasteiger partial charge in [-0.2, -0.15) is 11.8 Å². The molecular weight excluding hydrogens is 240 g/mol. The quantitative estimate of drug-likeness (QED) is 0.816. The maximum atomic E-state index is 6.22. The number of rotatable bonds is 7. The molecule has 0 aliphatic carbocycles. The zero-order valence-electron chi connectivity index (χ0n) is 12.0.